The molecule has 4 aliphatic carbocycles. The molecule has 4 saturated carbocycles. The van der Waals surface area contributed by atoms with Crippen molar-refractivity contribution in [3.05, 3.63) is 58.7 Å². The number of rotatable bonds is 6. The second-order valence-electron chi connectivity index (χ2n) is 9.95. The van der Waals surface area contributed by atoms with Crippen molar-refractivity contribution in [1.82, 2.24) is 5.32 Å². The Hall–Kier alpha value is -3.02. The number of aromatic hydroxyl groups is 1. The van der Waals surface area contributed by atoms with E-state index in [1.165, 1.54) is 56.2 Å². The number of aromatic carboxylic acids is 1. The summed E-state index contributed by atoms with van der Waals surface area (Å²) in [5.41, 5.74) is 2.37. The maximum atomic E-state index is 12.9. The Morgan fingerprint density at radius 1 is 1.03 bits per heavy atom. The molecule has 168 valence electrons. The molecule has 4 fully saturated rings. The monoisotopic (exact) mass is 435 g/mol. The van der Waals surface area contributed by atoms with Gasteiger partial charge in [-0.1, -0.05) is 6.07 Å². The van der Waals surface area contributed by atoms with Crippen molar-refractivity contribution in [3.63, 3.8) is 0 Å². The highest BCUT2D eigenvalue weighted by molar-refractivity contribution is 5.94. The van der Waals surface area contributed by atoms with E-state index in [1.54, 1.807) is 19.2 Å². The van der Waals surface area contributed by atoms with Gasteiger partial charge >= 0.3 is 5.97 Å². The second kappa shape index (κ2) is 7.84. The van der Waals surface area contributed by atoms with E-state index in [0.29, 0.717) is 11.1 Å². The standard InChI is InChI=1S/C26H29NO5/c1-32-23-5-3-19(24(29)27-14-15-2-4-20(25(30)31)22(28)9-15)10-21(23)26-11-16-6-17(12-26)8-18(7-16)13-26/h2-5,9-10,16-18,28H,6-8,11-14H2,1H3,(H,27,29)(H,30,31). The Balaban J connectivity index is 1.36. The molecule has 32 heavy (non-hydrogen) atoms. The third-order valence-corrected chi connectivity index (χ3v) is 7.82. The number of hydrogen-bond donors (Lipinski definition) is 3. The molecule has 6 heteroatoms. The number of ether oxygens (including phenoxy) is 1. The number of carboxylic acids is 1. The van der Waals surface area contributed by atoms with E-state index >= 15 is 0 Å². The van der Waals surface area contributed by atoms with Gasteiger partial charge in [0.25, 0.3) is 5.91 Å². The number of phenols is 1. The van der Waals surface area contributed by atoms with Gasteiger partial charge in [0.05, 0.1) is 7.11 Å². The molecule has 2 aromatic carbocycles. The molecule has 0 spiro atoms. The Kier molecular flexibility index (Phi) is 5.11. The minimum absolute atomic E-state index is 0.120. The SMILES string of the molecule is COc1ccc(C(=O)NCc2ccc(C(=O)O)c(O)c2)cc1C12CC3CC(CC(C3)C1)C2. The largest absolute Gasteiger partial charge is 0.507 e. The van der Waals surface area contributed by atoms with Gasteiger partial charge in [0.15, 0.2) is 0 Å². The zero-order chi connectivity index (χ0) is 22.5. The molecular weight excluding hydrogens is 406 g/mol. The van der Waals surface area contributed by atoms with Crippen LogP contribution in [0.3, 0.4) is 0 Å². The van der Waals surface area contributed by atoms with Crippen molar-refractivity contribution in [2.45, 2.75) is 50.5 Å². The van der Waals surface area contributed by atoms with Crippen molar-refractivity contribution in [3.8, 4) is 11.5 Å². The van der Waals surface area contributed by atoms with Gasteiger partial charge in [-0.05, 0) is 97.6 Å². The summed E-state index contributed by atoms with van der Waals surface area (Å²) in [6.07, 6.45) is 7.64. The van der Waals surface area contributed by atoms with Crippen LogP contribution in [0, 0.1) is 17.8 Å². The summed E-state index contributed by atoms with van der Waals surface area (Å²) < 4.78 is 5.74. The molecule has 0 radical (unpaired) electrons. The highest BCUT2D eigenvalue weighted by Gasteiger charge is 2.52. The minimum atomic E-state index is -1.19. The van der Waals surface area contributed by atoms with Crippen molar-refractivity contribution in [2.24, 2.45) is 17.8 Å². The van der Waals surface area contributed by atoms with Crippen molar-refractivity contribution >= 4 is 11.9 Å². The fourth-order valence-electron chi connectivity index (χ4n) is 6.86. The van der Waals surface area contributed by atoms with Crippen LogP contribution in [-0.2, 0) is 12.0 Å². The molecule has 0 unspecified atom stereocenters. The van der Waals surface area contributed by atoms with E-state index in [0.717, 1.165) is 23.5 Å². The fourth-order valence-corrected chi connectivity index (χ4v) is 6.86. The lowest BCUT2D eigenvalue weighted by atomic mass is 9.48. The molecule has 0 aliphatic heterocycles. The van der Waals surface area contributed by atoms with Gasteiger partial charge in [0, 0.05) is 17.7 Å². The topological polar surface area (TPSA) is 95.9 Å². The first-order valence-electron chi connectivity index (χ1n) is 11.4. The van der Waals surface area contributed by atoms with Crippen molar-refractivity contribution in [1.29, 1.82) is 0 Å². The lowest BCUT2D eigenvalue weighted by molar-refractivity contribution is -0.00617. The van der Waals surface area contributed by atoms with Crippen LogP contribution in [0.4, 0.5) is 0 Å². The zero-order valence-corrected chi connectivity index (χ0v) is 18.3. The number of carbonyl (C=O) groups excluding carboxylic acids is 1. The summed E-state index contributed by atoms with van der Waals surface area (Å²) in [4.78, 5) is 24.0. The minimum Gasteiger partial charge on any atom is -0.507 e. The summed E-state index contributed by atoms with van der Waals surface area (Å²) in [5, 5.41) is 21.8. The van der Waals surface area contributed by atoms with Crippen molar-refractivity contribution in [2.75, 3.05) is 7.11 Å². The molecule has 2 aromatic rings. The number of carbonyl (C=O) groups is 2. The average Bonchev–Trinajstić information content (AvgIpc) is 2.76. The summed E-state index contributed by atoms with van der Waals surface area (Å²) in [6.45, 7) is 0.199. The van der Waals surface area contributed by atoms with E-state index in [9.17, 15) is 14.7 Å². The molecule has 4 aliphatic rings. The Morgan fingerprint density at radius 3 is 2.25 bits per heavy atom. The van der Waals surface area contributed by atoms with Crippen LogP contribution in [0.1, 0.15) is 70.4 Å². The number of carboxylic acid groups (broad SMARTS) is 1. The van der Waals surface area contributed by atoms with Gasteiger partial charge in [0.1, 0.15) is 17.1 Å². The Morgan fingerprint density at radius 2 is 1.69 bits per heavy atom. The molecule has 0 saturated heterocycles. The van der Waals surface area contributed by atoms with Crippen LogP contribution < -0.4 is 10.1 Å². The molecule has 0 heterocycles. The second-order valence-corrected chi connectivity index (χ2v) is 9.95. The third-order valence-electron chi connectivity index (χ3n) is 7.82. The van der Waals surface area contributed by atoms with Gasteiger partial charge in [-0.2, -0.15) is 0 Å². The first-order chi connectivity index (χ1) is 15.4. The number of benzene rings is 2. The smallest absolute Gasteiger partial charge is 0.339 e. The molecule has 6 rings (SSSR count). The molecule has 1 amide bonds. The third kappa shape index (κ3) is 3.61. The van der Waals surface area contributed by atoms with Gasteiger partial charge in [0.2, 0.25) is 0 Å². The maximum absolute atomic E-state index is 12.9. The number of amides is 1. The van der Waals surface area contributed by atoms with Gasteiger partial charge in [-0.3, -0.25) is 4.79 Å². The lowest BCUT2D eigenvalue weighted by Crippen LogP contribution is -2.48. The molecule has 6 nitrogen and oxygen atoms in total. The first-order valence-corrected chi connectivity index (χ1v) is 11.4. The lowest BCUT2D eigenvalue weighted by Gasteiger charge is -2.57. The van der Waals surface area contributed by atoms with E-state index < -0.39 is 5.97 Å². The number of methoxy groups -OCH3 is 1. The van der Waals surface area contributed by atoms with E-state index in [4.69, 9.17) is 9.84 Å². The van der Waals surface area contributed by atoms with Gasteiger partial charge in [-0.25, -0.2) is 4.79 Å². The van der Waals surface area contributed by atoms with Crippen molar-refractivity contribution < 1.29 is 24.5 Å². The van der Waals surface area contributed by atoms with E-state index in [-0.39, 0.29) is 29.2 Å². The van der Waals surface area contributed by atoms with Crippen LogP contribution in [0.25, 0.3) is 0 Å². The molecule has 4 bridgehead atoms. The average molecular weight is 436 g/mol. The predicted molar refractivity (Wildman–Crippen MR) is 119 cm³/mol. The van der Waals surface area contributed by atoms with Gasteiger partial charge in [-0.15, -0.1) is 0 Å². The van der Waals surface area contributed by atoms with E-state index in [2.05, 4.69) is 5.32 Å². The highest BCUT2D eigenvalue weighted by Crippen LogP contribution is 2.61. The molecule has 0 aromatic heterocycles. The number of hydrogen-bond acceptors (Lipinski definition) is 4. The quantitative estimate of drug-likeness (QED) is 0.621. The first kappa shape index (κ1) is 20.9. The number of nitrogens with one attached hydrogen (secondary N) is 1. The predicted octanol–water partition coefficient (Wildman–Crippen LogP) is 4.50. The highest BCUT2D eigenvalue weighted by atomic mass is 16.5. The zero-order valence-electron chi connectivity index (χ0n) is 18.3. The fraction of sp³-hybridized carbons (Fsp3) is 0.462. The van der Waals surface area contributed by atoms with Crippen LogP contribution in [0.2, 0.25) is 0 Å². The van der Waals surface area contributed by atoms with Crippen LogP contribution in [-0.4, -0.2) is 29.2 Å². The maximum Gasteiger partial charge on any atom is 0.339 e. The molecule has 0 atom stereocenters. The summed E-state index contributed by atoms with van der Waals surface area (Å²) in [5.74, 6) is 1.57. The van der Waals surface area contributed by atoms with Gasteiger partial charge < -0.3 is 20.3 Å². The molecule has 3 N–H and O–H groups in total. The summed E-state index contributed by atoms with van der Waals surface area (Å²) in [7, 11) is 1.70. The normalized spacial score (nSPS) is 27.8. The van der Waals surface area contributed by atoms with Crippen LogP contribution >= 0.6 is 0 Å². The summed E-state index contributed by atoms with van der Waals surface area (Å²) in [6, 6.07) is 10.0. The van der Waals surface area contributed by atoms with E-state index in [1.807, 2.05) is 12.1 Å². The Bertz CT molecular complexity index is 1040. The molecular formula is C26H29NO5. The van der Waals surface area contributed by atoms with Crippen LogP contribution in [0.5, 0.6) is 11.5 Å². The summed E-state index contributed by atoms with van der Waals surface area (Å²) >= 11 is 0. The Labute approximate surface area is 187 Å². The van der Waals surface area contributed by atoms with Crippen LogP contribution in [0.15, 0.2) is 36.4 Å².